The Balaban J connectivity index is 1.74. The van der Waals surface area contributed by atoms with Gasteiger partial charge in [-0.3, -0.25) is 23.2 Å². The van der Waals surface area contributed by atoms with Crippen molar-refractivity contribution in [1.82, 2.24) is 9.13 Å². The van der Waals surface area contributed by atoms with Gasteiger partial charge >= 0.3 is 29.2 Å². The van der Waals surface area contributed by atoms with E-state index in [0.717, 1.165) is 12.3 Å². The van der Waals surface area contributed by atoms with Gasteiger partial charge in [0, 0.05) is 17.8 Å². The van der Waals surface area contributed by atoms with Crippen LogP contribution in [0.1, 0.15) is 16.6 Å². The molecule has 38 heavy (non-hydrogen) atoms. The summed E-state index contributed by atoms with van der Waals surface area (Å²) in [6, 6.07) is 8.64. The predicted octanol–water partition coefficient (Wildman–Crippen LogP) is -1.14. The molecule has 1 aliphatic rings. The number of ketones is 1. The number of rotatable bonds is 11. The van der Waals surface area contributed by atoms with Gasteiger partial charge < -0.3 is 34.5 Å². The van der Waals surface area contributed by atoms with Crippen molar-refractivity contribution in [3.8, 4) is 0 Å². The summed E-state index contributed by atoms with van der Waals surface area (Å²) in [7, 11) is -17.0. The minimum Gasteiger partial charge on any atom is -0.387 e. The van der Waals surface area contributed by atoms with E-state index < -0.39 is 78.2 Å². The highest BCUT2D eigenvalue weighted by Gasteiger charge is 2.47. The van der Waals surface area contributed by atoms with Crippen LogP contribution in [0.4, 0.5) is 0 Å². The third kappa shape index (κ3) is 7.71. The van der Waals surface area contributed by atoms with Crippen LogP contribution in [0.2, 0.25) is 0 Å². The van der Waals surface area contributed by atoms with Crippen molar-refractivity contribution >= 4 is 29.3 Å². The normalized spacial score (nSPS) is 25.0. The molecule has 6 N–H and O–H groups in total. The largest absolute Gasteiger partial charge is 0.490 e. The van der Waals surface area contributed by atoms with E-state index in [1.807, 2.05) is 0 Å². The number of carbonyl (C=O) groups is 1. The van der Waals surface area contributed by atoms with Gasteiger partial charge in [-0.25, -0.2) is 18.5 Å². The molecule has 2 aromatic rings. The Kier molecular flexibility index (Phi) is 9.23. The SMILES string of the molecule is O=C(Cn1c(=O)ccn([C@@H]2O[C@H](COP(=O)(O)OP(=O)(O)OP(=O)(O)O)[C@@H](O)[C@H]2O)c1=O)c1ccccc1. The fourth-order valence-electron chi connectivity index (χ4n) is 3.30. The highest BCUT2D eigenvalue weighted by Crippen LogP contribution is 2.66. The van der Waals surface area contributed by atoms with E-state index in [-0.39, 0.29) is 5.56 Å². The summed E-state index contributed by atoms with van der Waals surface area (Å²) in [6.07, 6.45) is -6.20. The number of aliphatic hydroxyl groups excluding tert-OH is 2. The van der Waals surface area contributed by atoms with Gasteiger partial charge in [-0.05, 0) is 0 Å². The molecule has 1 saturated heterocycles. The molecule has 3 rings (SSSR count). The lowest BCUT2D eigenvalue weighted by molar-refractivity contribution is -0.0547. The zero-order valence-corrected chi connectivity index (χ0v) is 21.5. The minimum atomic E-state index is -5.79. The van der Waals surface area contributed by atoms with Crippen molar-refractivity contribution in [3.63, 3.8) is 0 Å². The van der Waals surface area contributed by atoms with Crippen molar-refractivity contribution in [1.29, 1.82) is 0 Å². The standard InChI is InChI=1S/C17H21N2O16P3/c20-11(10-4-2-1-3-5-10)8-19-13(21)6-7-18(17(19)24)16-15(23)14(22)12(33-16)9-32-37(28,29)35-38(30,31)34-36(25,26)27/h1-7,12,14-16,22-23H,8-9H2,(H,28,29)(H,30,31)(H2,25,26,27)/t12-,14-,15-,16-/m1/s1. The Morgan fingerprint density at radius 1 is 0.921 bits per heavy atom. The number of phosphoric acid groups is 3. The molecule has 0 saturated carbocycles. The summed E-state index contributed by atoms with van der Waals surface area (Å²) in [5, 5.41) is 20.6. The number of hydrogen-bond donors (Lipinski definition) is 6. The average molecular weight is 602 g/mol. The number of Topliss-reactive ketones (excluding diaryl/α,β-unsaturated/α-hetero) is 1. The van der Waals surface area contributed by atoms with Crippen molar-refractivity contribution in [2.75, 3.05) is 6.61 Å². The molecule has 210 valence electrons. The van der Waals surface area contributed by atoms with Crippen LogP contribution in [0.15, 0.2) is 52.2 Å². The van der Waals surface area contributed by atoms with E-state index in [1.165, 1.54) is 12.1 Å². The fourth-order valence-corrected chi connectivity index (χ4v) is 6.33. The topological polar surface area (TPSA) is 271 Å². The van der Waals surface area contributed by atoms with Crippen molar-refractivity contribution in [3.05, 3.63) is 69.0 Å². The molecule has 18 nitrogen and oxygen atoms in total. The van der Waals surface area contributed by atoms with E-state index >= 15 is 0 Å². The van der Waals surface area contributed by atoms with Gasteiger partial charge in [-0.2, -0.15) is 8.62 Å². The summed E-state index contributed by atoms with van der Waals surface area (Å²) >= 11 is 0. The van der Waals surface area contributed by atoms with E-state index in [0.29, 0.717) is 9.13 Å². The Bertz CT molecular complexity index is 1430. The van der Waals surface area contributed by atoms with Gasteiger partial charge in [0.15, 0.2) is 12.0 Å². The molecule has 2 unspecified atom stereocenters. The molecular weight excluding hydrogens is 581 g/mol. The first-order chi connectivity index (χ1) is 17.5. The number of nitrogens with zero attached hydrogens (tertiary/aromatic N) is 2. The molecule has 6 atom stereocenters. The van der Waals surface area contributed by atoms with E-state index in [9.17, 15) is 48.1 Å². The van der Waals surface area contributed by atoms with Gasteiger partial charge in [0.25, 0.3) is 5.56 Å². The van der Waals surface area contributed by atoms with Crippen LogP contribution in [-0.4, -0.2) is 69.6 Å². The number of benzene rings is 1. The molecule has 1 aromatic carbocycles. The van der Waals surface area contributed by atoms with Crippen LogP contribution in [0.3, 0.4) is 0 Å². The highest BCUT2D eigenvalue weighted by molar-refractivity contribution is 7.66. The number of phosphoric ester groups is 1. The zero-order valence-electron chi connectivity index (χ0n) is 18.8. The smallest absolute Gasteiger partial charge is 0.387 e. The highest BCUT2D eigenvalue weighted by atomic mass is 31.3. The lowest BCUT2D eigenvalue weighted by Crippen LogP contribution is -2.44. The summed E-state index contributed by atoms with van der Waals surface area (Å²) in [5.74, 6) is -0.579. The number of carbonyl (C=O) groups excluding carboxylic acids is 1. The third-order valence-corrected chi connectivity index (χ3v) is 8.72. The van der Waals surface area contributed by atoms with Gasteiger partial charge in [0.2, 0.25) is 0 Å². The molecule has 1 fully saturated rings. The maximum Gasteiger partial charge on any atom is 0.490 e. The quantitative estimate of drug-likeness (QED) is 0.131. The molecule has 2 heterocycles. The van der Waals surface area contributed by atoms with Gasteiger partial charge in [-0.1, -0.05) is 30.3 Å². The Labute approximate surface area is 211 Å². The second-order valence-electron chi connectivity index (χ2n) is 7.65. The van der Waals surface area contributed by atoms with Gasteiger partial charge in [-0.15, -0.1) is 0 Å². The molecule has 0 amide bonds. The van der Waals surface area contributed by atoms with Crippen LogP contribution < -0.4 is 11.2 Å². The van der Waals surface area contributed by atoms with Crippen LogP contribution in [0.25, 0.3) is 0 Å². The predicted molar refractivity (Wildman–Crippen MR) is 121 cm³/mol. The van der Waals surface area contributed by atoms with Gasteiger partial charge in [0.1, 0.15) is 18.3 Å². The molecule has 0 spiro atoms. The fraction of sp³-hybridized carbons (Fsp3) is 0.353. The third-order valence-electron chi connectivity index (χ3n) is 4.92. The summed E-state index contributed by atoms with van der Waals surface area (Å²) in [5.41, 5.74) is -1.74. The maximum absolute atomic E-state index is 12.9. The number of ether oxygens (including phenoxy) is 1. The average Bonchev–Trinajstić information content (AvgIpc) is 3.07. The van der Waals surface area contributed by atoms with Crippen LogP contribution in [-0.2, 0) is 38.1 Å². The zero-order chi connectivity index (χ0) is 28.5. The molecule has 1 aromatic heterocycles. The van der Waals surface area contributed by atoms with Gasteiger partial charge in [0.05, 0.1) is 13.2 Å². The van der Waals surface area contributed by atoms with Crippen molar-refractivity contribution < 1.29 is 66.2 Å². The monoisotopic (exact) mass is 602 g/mol. The Morgan fingerprint density at radius 3 is 2.16 bits per heavy atom. The second-order valence-corrected chi connectivity index (χ2v) is 12.1. The summed E-state index contributed by atoms with van der Waals surface area (Å²) < 4.78 is 52.0. The minimum absolute atomic E-state index is 0.216. The Hall–Kier alpha value is -2.14. The second kappa shape index (κ2) is 11.5. The summed E-state index contributed by atoms with van der Waals surface area (Å²) in [4.78, 5) is 73.4. The molecule has 1 aliphatic heterocycles. The lowest BCUT2D eigenvalue weighted by Gasteiger charge is -2.19. The van der Waals surface area contributed by atoms with E-state index in [1.54, 1.807) is 18.2 Å². The molecule has 0 radical (unpaired) electrons. The molecule has 0 bridgehead atoms. The van der Waals surface area contributed by atoms with E-state index in [2.05, 4.69) is 13.1 Å². The number of aliphatic hydroxyl groups is 2. The van der Waals surface area contributed by atoms with Crippen LogP contribution in [0.5, 0.6) is 0 Å². The molecule has 0 aliphatic carbocycles. The summed E-state index contributed by atoms with van der Waals surface area (Å²) in [6.45, 7) is -1.78. The number of aromatic nitrogens is 2. The number of hydrogen-bond acceptors (Lipinski definition) is 12. The van der Waals surface area contributed by atoms with Crippen molar-refractivity contribution in [2.45, 2.75) is 31.1 Å². The van der Waals surface area contributed by atoms with Crippen molar-refractivity contribution in [2.24, 2.45) is 0 Å². The van der Waals surface area contributed by atoms with E-state index in [4.69, 9.17) is 14.5 Å². The molecule has 21 heteroatoms. The molecular formula is C17H21N2O16P3. The first kappa shape index (κ1) is 30.4. The Morgan fingerprint density at radius 2 is 1.55 bits per heavy atom. The first-order valence-corrected chi connectivity index (χ1v) is 14.7. The van der Waals surface area contributed by atoms with Crippen LogP contribution in [0, 0.1) is 0 Å². The first-order valence-electron chi connectivity index (χ1n) is 10.2. The van der Waals surface area contributed by atoms with Crippen LogP contribution >= 0.6 is 23.5 Å². The maximum atomic E-state index is 12.9. The lowest BCUT2D eigenvalue weighted by atomic mass is 10.1.